The summed E-state index contributed by atoms with van der Waals surface area (Å²) in [4.78, 5) is 0. The van der Waals surface area contributed by atoms with Gasteiger partial charge in [-0.25, -0.2) is 0 Å². The summed E-state index contributed by atoms with van der Waals surface area (Å²) >= 11 is 7.50. The number of aromatic nitrogens is 1. The van der Waals surface area contributed by atoms with Crippen molar-refractivity contribution in [1.29, 1.82) is 0 Å². The lowest BCUT2D eigenvalue weighted by molar-refractivity contribution is 0.426. The van der Waals surface area contributed by atoms with Crippen LogP contribution in [0, 0.1) is 0 Å². The molecule has 0 radical (unpaired) electrons. The molecule has 1 heterocycles. The highest BCUT2D eigenvalue weighted by Gasteiger charge is 2.04. The normalized spacial score (nSPS) is 10.4. The monoisotopic (exact) mass is 269 g/mol. The fourth-order valence-electron chi connectivity index (χ4n) is 1.14. The molecule has 0 saturated carbocycles. The summed E-state index contributed by atoms with van der Waals surface area (Å²) in [6.45, 7) is 0. The fourth-order valence-corrected chi connectivity index (χ4v) is 1.55. The van der Waals surface area contributed by atoms with Crippen molar-refractivity contribution in [3.05, 3.63) is 40.5 Å². The zero-order valence-electron chi connectivity index (χ0n) is 7.27. The van der Waals surface area contributed by atoms with Crippen molar-refractivity contribution in [2.24, 2.45) is 0 Å². The van der Waals surface area contributed by atoms with Crippen LogP contribution in [0.4, 0.5) is 0 Å². The molecule has 0 atom stereocenters. The first kappa shape index (κ1) is 9.80. The van der Waals surface area contributed by atoms with Crippen LogP contribution >= 0.6 is 28.6 Å². The molecule has 0 aliphatic heterocycles. The summed E-state index contributed by atoms with van der Waals surface area (Å²) in [6.07, 6.45) is 0. The van der Waals surface area contributed by atoms with Gasteiger partial charge in [0, 0.05) is 21.9 Å². The number of halogens is 1. The van der Waals surface area contributed by atoms with E-state index in [1.165, 1.54) is 0 Å². The Labute approximate surface area is 95.8 Å². The van der Waals surface area contributed by atoms with Gasteiger partial charge >= 0.3 is 0 Å². The number of nitrogens with zero attached hydrogens (tertiary/aromatic N) is 1. The van der Waals surface area contributed by atoms with Crippen LogP contribution in [-0.2, 0) is 5.75 Å². The molecule has 14 heavy (non-hydrogen) atoms. The number of hydrogen-bond acceptors (Lipinski definition) is 3. The van der Waals surface area contributed by atoms with Crippen molar-refractivity contribution in [3.8, 4) is 11.3 Å². The van der Waals surface area contributed by atoms with Crippen molar-refractivity contribution in [1.82, 2.24) is 5.16 Å². The minimum atomic E-state index is 0.597. The molecule has 0 aliphatic carbocycles. The van der Waals surface area contributed by atoms with Gasteiger partial charge in [0.2, 0.25) is 0 Å². The molecule has 2 nitrogen and oxygen atoms in total. The molecule has 1 aromatic heterocycles. The van der Waals surface area contributed by atoms with Gasteiger partial charge in [-0.15, -0.1) is 0 Å². The standard InChI is InChI=1S/C10H8BrNOS/c11-8-3-1-7(2-4-8)10-5-9(6-14)12-13-10/h1-5,14H,6H2. The number of thiol groups is 1. The quantitative estimate of drug-likeness (QED) is 0.845. The highest BCUT2D eigenvalue weighted by atomic mass is 79.9. The van der Waals surface area contributed by atoms with Crippen LogP contribution in [-0.4, -0.2) is 5.16 Å². The molecule has 0 saturated heterocycles. The van der Waals surface area contributed by atoms with Crippen LogP contribution in [0.3, 0.4) is 0 Å². The first-order valence-corrected chi connectivity index (χ1v) is 5.54. The van der Waals surface area contributed by atoms with Gasteiger partial charge in [-0.1, -0.05) is 33.2 Å². The van der Waals surface area contributed by atoms with Crippen molar-refractivity contribution in [2.45, 2.75) is 5.75 Å². The lowest BCUT2D eigenvalue weighted by atomic mass is 10.2. The summed E-state index contributed by atoms with van der Waals surface area (Å²) in [7, 11) is 0. The van der Waals surface area contributed by atoms with Crippen molar-refractivity contribution >= 4 is 28.6 Å². The molecular weight excluding hydrogens is 262 g/mol. The topological polar surface area (TPSA) is 26.0 Å². The average molecular weight is 270 g/mol. The minimum absolute atomic E-state index is 0.597. The third-order valence-corrected chi connectivity index (χ3v) is 2.70. The highest BCUT2D eigenvalue weighted by molar-refractivity contribution is 9.10. The largest absolute Gasteiger partial charge is 0.356 e. The van der Waals surface area contributed by atoms with Gasteiger partial charge in [0.25, 0.3) is 0 Å². The van der Waals surface area contributed by atoms with E-state index in [0.29, 0.717) is 5.75 Å². The number of benzene rings is 1. The maximum atomic E-state index is 5.17. The molecule has 2 rings (SSSR count). The van der Waals surface area contributed by atoms with Crippen LogP contribution in [0.1, 0.15) is 5.69 Å². The van der Waals surface area contributed by atoms with Crippen molar-refractivity contribution in [3.63, 3.8) is 0 Å². The first-order valence-electron chi connectivity index (χ1n) is 4.12. The third-order valence-electron chi connectivity index (χ3n) is 1.85. The lowest BCUT2D eigenvalue weighted by Crippen LogP contribution is -1.73. The minimum Gasteiger partial charge on any atom is -0.356 e. The van der Waals surface area contributed by atoms with Crippen molar-refractivity contribution in [2.75, 3.05) is 0 Å². The molecule has 0 N–H and O–H groups in total. The predicted molar refractivity (Wildman–Crippen MR) is 62.3 cm³/mol. The van der Waals surface area contributed by atoms with E-state index in [4.69, 9.17) is 4.52 Å². The Balaban J connectivity index is 2.34. The maximum absolute atomic E-state index is 5.17. The second-order valence-corrected chi connectivity index (χ2v) is 4.08. The zero-order valence-corrected chi connectivity index (χ0v) is 9.75. The van der Waals surface area contributed by atoms with E-state index in [9.17, 15) is 0 Å². The Hall–Kier alpha value is -0.740. The Kier molecular flexibility index (Phi) is 2.93. The summed E-state index contributed by atoms with van der Waals surface area (Å²) in [5.41, 5.74) is 1.87. The Morgan fingerprint density at radius 3 is 2.57 bits per heavy atom. The van der Waals surface area contributed by atoms with Crippen LogP contribution in [0.25, 0.3) is 11.3 Å². The van der Waals surface area contributed by atoms with Crippen LogP contribution in [0.15, 0.2) is 39.3 Å². The highest BCUT2D eigenvalue weighted by Crippen LogP contribution is 2.22. The van der Waals surface area contributed by atoms with Gasteiger partial charge in [0.05, 0.1) is 5.69 Å². The Bertz CT molecular complexity index is 424. The number of hydrogen-bond donors (Lipinski definition) is 1. The van der Waals surface area contributed by atoms with E-state index >= 15 is 0 Å². The summed E-state index contributed by atoms with van der Waals surface area (Å²) in [6, 6.07) is 9.80. The molecule has 0 unspecified atom stereocenters. The van der Waals surface area contributed by atoms with Gasteiger partial charge in [-0.2, -0.15) is 12.6 Å². The fraction of sp³-hybridized carbons (Fsp3) is 0.100. The zero-order chi connectivity index (χ0) is 9.97. The Morgan fingerprint density at radius 1 is 1.29 bits per heavy atom. The number of rotatable bonds is 2. The molecule has 0 spiro atoms. The molecule has 0 bridgehead atoms. The van der Waals surface area contributed by atoms with Crippen LogP contribution in [0.2, 0.25) is 0 Å². The van der Waals surface area contributed by atoms with Gasteiger partial charge in [0.15, 0.2) is 5.76 Å². The predicted octanol–water partition coefficient (Wildman–Crippen LogP) is 3.53. The van der Waals surface area contributed by atoms with E-state index in [1.54, 1.807) is 0 Å². The second kappa shape index (κ2) is 4.19. The molecule has 0 amide bonds. The van der Waals surface area contributed by atoms with E-state index < -0.39 is 0 Å². The van der Waals surface area contributed by atoms with Crippen LogP contribution < -0.4 is 0 Å². The Morgan fingerprint density at radius 2 is 2.00 bits per heavy atom. The smallest absolute Gasteiger partial charge is 0.167 e. The van der Waals surface area contributed by atoms with Crippen LogP contribution in [0.5, 0.6) is 0 Å². The molecule has 4 heteroatoms. The van der Waals surface area contributed by atoms with Gasteiger partial charge in [0.1, 0.15) is 0 Å². The molecule has 1 aromatic carbocycles. The lowest BCUT2D eigenvalue weighted by Gasteiger charge is -1.94. The van der Waals surface area contributed by atoms with E-state index in [-0.39, 0.29) is 0 Å². The summed E-state index contributed by atoms with van der Waals surface area (Å²) in [5, 5.41) is 3.87. The van der Waals surface area contributed by atoms with Crippen molar-refractivity contribution < 1.29 is 4.52 Å². The van der Waals surface area contributed by atoms with E-state index in [2.05, 4.69) is 33.7 Å². The first-order chi connectivity index (χ1) is 6.79. The average Bonchev–Trinajstić information content (AvgIpc) is 2.67. The SMILES string of the molecule is SCc1cc(-c2ccc(Br)cc2)on1. The second-order valence-electron chi connectivity index (χ2n) is 2.85. The van der Waals surface area contributed by atoms with Gasteiger partial charge in [-0.05, 0) is 12.1 Å². The molecule has 72 valence electrons. The molecule has 0 aliphatic rings. The van der Waals surface area contributed by atoms with E-state index in [1.807, 2.05) is 30.3 Å². The molecule has 0 fully saturated rings. The van der Waals surface area contributed by atoms with E-state index in [0.717, 1.165) is 21.5 Å². The van der Waals surface area contributed by atoms with Gasteiger partial charge in [-0.3, -0.25) is 0 Å². The maximum Gasteiger partial charge on any atom is 0.167 e. The third kappa shape index (κ3) is 2.01. The summed E-state index contributed by atoms with van der Waals surface area (Å²) in [5.74, 6) is 1.38. The molecule has 2 aromatic rings. The molecular formula is C10H8BrNOS. The summed E-state index contributed by atoms with van der Waals surface area (Å²) < 4.78 is 6.22. The van der Waals surface area contributed by atoms with Gasteiger partial charge < -0.3 is 4.52 Å².